The second kappa shape index (κ2) is 19.9. The minimum atomic E-state index is -0.806. The Bertz CT molecular complexity index is 787. The Hall–Kier alpha value is -1.23. The van der Waals surface area contributed by atoms with Crippen molar-refractivity contribution in [2.45, 2.75) is 83.6 Å². The van der Waals surface area contributed by atoms with Gasteiger partial charge in [-0.15, -0.1) is 23.2 Å². The molecule has 0 aromatic carbocycles. The Balaban J connectivity index is -0.000000456. The summed E-state index contributed by atoms with van der Waals surface area (Å²) in [6.45, 7) is 13.0. The number of nitrogens with one attached hydrogen (secondary N) is 2. The van der Waals surface area contributed by atoms with E-state index in [1.54, 1.807) is 20.8 Å². The molecule has 3 amide bonds. The fourth-order valence-electron chi connectivity index (χ4n) is 1.94. The summed E-state index contributed by atoms with van der Waals surface area (Å²) in [6, 6.07) is 0. The minimum Gasteiger partial charge on any atom is -0.447 e. The average molecular weight is 694 g/mol. The van der Waals surface area contributed by atoms with Crippen molar-refractivity contribution >= 4 is 65.1 Å². The SMILES string of the molecule is C.CC(C)(C)OCl.CC(N)(CO)CO.CC1(CCl)COC(=O)N1.CC1(CCl)COC(=O)N1Cl.CC1(CO)COC(=O)N1. The van der Waals surface area contributed by atoms with Crippen LogP contribution in [0, 0.1) is 0 Å². The zero-order valence-electron chi connectivity index (χ0n) is 24.4. The number of aliphatic hydroxyl groups excluding tert-OH is 3. The molecule has 0 spiro atoms. The summed E-state index contributed by atoms with van der Waals surface area (Å²) >= 11 is 21.6. The second-order valence-corrected chi connectivity index (χ2v) is 12.5. The summed E-state index contributed by atoms with van der Waals surface area (Å²) in [6.07, 6.45) is -1.35. The highest BCUT2D eigenvalue weighted by atomic mass is 35.5. The molecule has 0 radical (unpaired) electrons. The molecule has 14 nitrogen and oxygen atoms in total. The third-order valence-electron chi connectivity index (χ3n) is 4.88. The third kappa shape index (κ3) is 18.4. The number of hydrogen-bond acceptors (Lipinski definition) is 11. The molecule has 3 saturated heterocycles. The van der Waals surface area contributed by atoms with Gasteiger partial charge in [0.15, 0.2) is 0 Å². The van der Waals surface area contributed by atoms with Crippen LogP contribution in [0.3, 0.4) is 0 Å². The van der Waals surface area contributed by atoms with E-state index in [2.05, 4.69) is 29.1 Å². The van der Waals surface area contributed by atoms with Crippen LogP contribution in [0.2, 0.25) is 0 Å². The highest BCUT2D eigenvalue weighted by Crippen LogP contribution is 2.27. The number of alkyl halides is 2. The van der Waals surface area contributed by atoms with Crippen LogP contribution in [0.25, 0.3) is 0 Å². The van der Waals surface area contributed by atoms with Crippen molar-refractivity contribution in [1.29, 1.82) is 0 Å². The van der Waals surface area contributed by atoms with Crippen molar-refractivity contribution < 1.29 is 48.2 Å². The number of halogens is 4. The molecule has 3 aliphatic heterocycles. The van der Waals surface area contributed by atoms with E-state index in [-0.39, 0.29) is 63.6 Å². The molecule has 42 heavy (non-hydrogen) atoms. The van der Waals surface area contributed by atoms with Gasteiger partial charge in [0.25, 0.3) is 0 Å². The standard InChI is InChI=1S/C5H7Cl2NO2.C5H8ClNO2.C5H9NO3.C4H9ClO.C4H11NO2.CH4/c1-5(2-6)3-10-4(9)8(5)7;1-5(2-6)3-9-4(8)7-5;1-5(2-7)3-9-4(8)6-5;1-4(2,3)6-5;1-4(5,2-6)3-7;/h2-3H2,1H3;2-3H2,1H3,(H,7,8);7H,2-3H2,1H3,(H,6,8);1-3H3;6-7H,2-3,5H2,1H3;1H4. The van der Waals surface area contributed by atoms with E-state index in [0.717, 1.165) is 4.42 Å². The highest BCUT2D eigenvalue weighted by molar-refractivity contribution is 6.23. The lowest BCUT2D eigenvalue weighted by atomic mass is 10.1. The van der Waals surface area contributed by atoms with Crippen LogP contribution in [-0.4, -0.2) is 117 Å². The first kappa shape index (κ1) is 45.2. The van der Waals surface area contributed by atoms with Gasteiger partial charge in [-0.3, -0.25) is 4.29 Å². The summed E-state index contributed by atoms with van der Waals surface area (Å²) in [5.74, 6) is 0.668. The maximum Gasteiger partial charge on any atom is 0.425 e. The number of rotatable bonds is 5. The molecular formula is C24H48Cl4N4O10. The van der Waals surface area contributed by atoms with Crippen LogP contribution in [0.15, 0.2) is 0 Å². The molecule has 7 N–H and O–H groups in total. The van der Waals surface area contributed by atoms with Gasteiger partial charge in [-0.2, -0.15) is 0 Å². The van der Waals surface area contributed by atoms with E-state index in [0.29, 0.717) is 12.5 Å². The highest BCUT2D eigenvalue weighted by Gasteiger charge is 2.42. The Kier molecular flexibility index (Phi) is 21.4. The largest absolute Gasteiger partial charge is 0.447 e. The van der Waals surface area contributed by atoms with Gasteiger partial charge in [-0.25, -0.2) is 18.8 Å². The maximum atomic E-state index is 10.7. The number of ether oxygens (including phenoxy) is 3. The third-order valence-corrected chi connectivity index (χ3v) is 7.05. The van der Waals surface area contributed by atoms with E-state index in [9.17, 15) is 14.4 Å². The molecule has 252 valence electrons. The molecule has 3 heterocycles. The van der Waals surface area contributed by atoms with Crippen LogP contribution in [-0.2, 0) is 18.5 Å². The Morgan fingerprint density at radius 3 is 1.40 bits per heavy atom. The van der Waals surface area contributed by atoms with Crippen molar-refractivity contribution in [3.8, 4) is 0 Å². The van der Waals surface area contributed by atoms with Crippen molar-refractivity contribution in [1.82, 2.24) is 15.1 Å². The summed E-state index contributed by atoms with van der Waals surface area (Å²) < 4.78 is 19.2. The predicted octanol–water partition coefficient (Wildman–Crippen LogP) is 3.07. The van der Waals surface area contributed by atoms with E-state index < -0.39 is 28.8 Å². The lowest BCUT2D eigenvalue weighted by Crippen LogP contribution is -2.43. The quantitative estimate of drug-likeness (QED) is 0.140. The summed E-state index contributed by atoms with van der Waals surface area (Å²) in [5.41, 5.74) is 2.77. The van der Waals surface area contributed by atoms with Gasteiger partial charge < -0.3 is 45.9 Å². The molecule has 3 atom stereocenters. The van der Waals surface area contributed by atoms with Crippen molar-refractivity contribution in [3.05, 3.63) is 0 Å². The number of nitrogens with zero attached hydrogens (tertiary/aromatic N) is 1. The topological polar surface area (TPSA) is 202 Å². The van der Waals surface area contributed by atoms with Gasteiger partial charge in [0.05, 0.1) is 59.8 Å². The molecular weight excluding hydrogens is 646 g/mol. The normalized spacial score (nSPS) is 26.0. The zero-order valence-corrected chi connectivity index (χ0v) is 27.4. The fourth-order valence-corrected chi connectivity index (χ4v) is 2.50. The number of aliphatic hydroxyl groups is 3. The van der Waals surface area contributed by atoms with Crippen LogP contribution in [0.5, 0.6) is 0 Å². The lowest BCUT2D eigenvalue weighted by molar-refractivity contribution is 0.134. The first-order valence-electron chi connectivity index (χ1n) is 12.2. The Labute approximate surface area is 268 Å². The van der Waals surface area contributed by atoms with Gasteiger partial charge in [0, 0.05) is 17.7 Å². The lowest BCUT2D eigenvalue weighted by Gasteiger charge is -2.22. The van der Waals surface area contributed by atoms with Gasteiger partial charge in [-0.1, -0.05) is 7.43 Å². The molecule has 3 fully saturated rings. The first-order valence-corrected chi connectivity index (χ1v) is 13.9. The first-order chi connectivity index (χ1) is 18.6. The Morgan fingerprint density at radius 1 is 0.881 bits per heavy atom. The molecule has 18 heteroatoms. The van der Waals surface area contributed by atoms with E-state index in [1.807, 2.05) is 27.7 Å². The number of amides is 3. The fraction of sp³-hybridized carbons (Fsp3) is 0.875. The molecule has 3 rings (SSSR count). The van der Waals surface area contributed by atoms with Crippen molar-refractivity contribution in [2.24, 2.45) is 5.73 Å². The Morgan fingerprint density at radius 2 is 1.29 bits per heavy atom. The number of carbonyl (C=O) groups is 3. The van der Waals surface area contributed by atoms with Gasteiger partial charge in [0.2, 0.25) is 0 Å². The number of nitrogens with two attached hydrogens (primary N) is 1. The van der Waals surface area contributed by atoms with Gasteiger partial charge >= 0.3 is 18.3 Å². The van der Waals surface area contributed by atoms with Crippen LogP contribution >= 0.6 is 46.8 Å². The van der Waals surface area contributed by atoms with Crippen molar-refractivity contribution in [3.63, 3.8) is 0 Å². The van der Waals surface area contributed by atoms with Gasteiger partial charge in [-0.05, 0) is 48.5 Å². The van der Waals surface area contributed by atoms with Crippen molar-refractivity contribution in [2.75, 3.05) is 51.4 Å². The molecule has 0 saturated carbocycles. The average Bonchev–Trinajstić information content (AvgIpc) is 3.55. The molecule has 0 aliphatic carbocycles. The molecule has 3 aliphatic rings. The molecule has 3 unspecified atom stereocenters. The monoisotopic (exact) mass is 692 g/mol. The smallest absolute Gasteiger partial charge is 0.425 e. The van der Waals surface area contributed by atoms with Crippen LogP contribution in [0.1, 0.15) is 55.9 Å². The minimum absolute atomic E-state index is 0. The summed E-state index contributed by atoms with van der Waals surface area (Å²) in [4.78, 5) is 31.5. The zero-order chi connectivity index (χ0) is 32.7. The van der Waals surface area contributed by atoms with E-state index in [1.165, 1.54) is 0 Å². The number of cyclic esters (lactones) is 3. The summed E-state index contributed by atoms with van der Waals surface area (Å²) in [5, 5.41) is 30.3. The van der Waals surface area contributed by atoms with Gasteiger partial charge in [0.1, 0.15) is 25.4 Å². The number of carbonyl (C=O) groups excluding carboxylic acids is 3. The molecule has 0 bridgehead atoms. The molecule has 0 aromatic rings. The molecule has 0 aromatic heterocycles. The second-order valence-electron chi connectivity index (χ2n) is 11.4. The number of hydrogen-bond donors (Lipinski definition) is 6. The van der Waals surface area contributed by atoms with E-state index in [4.69, 9.17) is 67.9 Å². The van der Waals surface area contributed by atoms with E-state index >= 15 is 0 Å². The van der Waals surface area contributed by atoms with Crippen LogP contribution < -0.4 is 16.4 Å². The predicted molar refractivity (Wildman–Crippen MR) is 162 cm³/mol. The number of alkyl carbamates (subject to hydrolysis) is 2. The maximum absolute atomic E-state index is 10.7. The summed E-state index contributed by atoms with van der Waals surface area (Å²) in [7, 11) is 0. The van der Waals surface area contributed by atoms with Crippen LogP contribution in [0.4, 0.5) is 14.4 Å².